The van der Waals surface area contributed by atoms with E-state index in [1.165, 1.54) is 23.1 Å². The van der Waals surface area contributed by atoms with E-state index in [1.54, 1.807) is 6.07 Å². The van der Waals surface area contributed by atoms with E-state index < -0.39 is 23.5 Å². The highest BCUT2D eigenvalue weighted by Gasteiger charge is 2.13. The number of halogens is 3. The summed E-state index contributed by atoms with van der Waals surface area (Å²) in [5.41, 5.74) is 1.05. The molecule has 0 N–H and O–H groups in total. The largest absolute Gasteiger partial charge is 0.457 e. The molecule has 30 heavy (non-hydrogen) atoms. The van der Waals surface area contributed by atoms with Gasteiger partial charge >= 0.3 is 12.6 Å². The molecule has 8 nitrogen and oxygen atoms in total. The van der Waals surface area contributed by atoms with Gasteiger partial charge in [0.05, 0.1) is 47.7 Å². The average Bonchev–Trinajstić information content (AvgIpc) is 3.15. The molecule has 0 aliphatic rings. The first kappa shape index (κ1) is 21.7. The van der Waals surface area contributed by atoms with Crippen LogP contribution in [0.15, 0.2) is 36.7 Å². The molecule has 6 radical (unpaired) electrons. The van der Waals surface area contributed by atoms with E-state index in [9.17, 15) is 13.2 Å². The summed E-state index contributed by atoms with van der Waals surface area (Å²) >= 11 is 0. The van der Waals surface area contributed by atoms with Crippen LogP contribution in [0.2, 0.25) is 0 Å². The first-order chi connectivity index (χ1) is 14.2. The number of alkyl halides is 2. The van der Waals surface area contributed by atoms with Crippen LogP contribution in [0.25, 0.3) is 5.69 Å². The smallest absolute Gasteiger partial charge is 0.387 e. The van der Waals surface area contributed by atoms with Gasteiger partial charge in [0.25, 0.3) is 0 Å². The van der Waals surface area contributed by atoms with Crippen molar-refractivity contribution >= 4 is 23.5 Å². The minimum atomic E-state index is -3.16. The topological polar surface area (TPSA) is 84.2 Å². The van der Waals surface area contributed by atoms with E-state index in [1.807, 2.05) is 0 Å². The Balaban J connectivity index is 1.64. The maximum absolute atomic E-state index is 13.5. The van der Waals surface area contributed by atoms with Crippen molar-refractivity contribution in [3.05, 3.63) is 53.9 Å². The lowest BCUT2D eigenvalue weighted by Gasteiger charge is -2.20. The molecule has 3 rings (SSSR count). The molecule has 0 atom stereocenters. The summed E-state index contributed by atoms with van der Waals surface area (Å²) in [7, 11) is 16.0. The van der Waals surface area contributed by atoms with E-state index in [0.717, 1.165) is 12.1 Å². The van der Waals surface area contributed by atoms with Crippen molar-refractivity contribution < 1.29 is 27.4 Å². The van der Waals surface area contributed by atoms with Crippen LogP contribution in [0.3, 0.4) is 0 Å². The maximum Gasteiger partial charge on any atom is 0.387 e. The third-order valence-electron chi connectivity index (χ3n) is 3.45. The molecule has 0 aliphatic carbocycles. The molecule has 1 aromatic carbocycles. The molecule has 0 spiro atoms. The van der Waals surface area contributed by atoms with Gasteiger partial charge in [-0.15, -0.1) is 5.10 Å². The van der Waals surface area contributed by atoms with Gasteiger partial charge in [-0.3, -0.25) is 0 Å². The zero-order chi connectivity index (χ0) is 21.7. The molecule has 3 aromatic rings. The highest BCUT2D eigenvalue weighted by atomic mass is 19.3. The van der Waals surface area contributed by atoms with Crippen molar-refractivity contribution in [1.29, 1.82) is 0 Å². The summed E-state index contributed by atoms with van der Waals surface area (Å²) in [6.45, 7) is -3.28. The van der Waals surface area contributed by atoms with Crippen LogP contribution >= 0.6 is 0 Å². The second-order valence-corrected chi connectivity index (χ2v) is 5.91. The monoisotopic (exact) mass is 411 g/mol. The second-order valence-electron chi connectivity index (χ2n) is 5.91. The first-order valence-corrected chi connectivity index (χ1v) is 8.31. The van der Waals surface area contributed by atoms with Crippen molar-refractivity contribution in [1.82, 2.24) is 25.0 Å². The van der Waals surface area contributed by atoms with Crippen molar-refractivity contribution in [3.8, 4) is 17.4 Å². The number of aromatic nitrogens is 5. The summed E-state index contributed by atoms with van der Waals surface area (Å²) in [5.74, 6) is -1.54. The SMILES string of the molecule is [B]C([B])([B])OCc1ccnc(OCc2cn(-c3ccc(F)c(OC(F)F)c3)nn2)n1. The Morgan fingerprint density at radius 2 is 1.90 bits per heavy atom. The quantitative estimate of drug-likeness (QED) is 0.487. The second kappa shape index (κ2) is 9.20. The van der Waals surface area contributed by atoms with E-state index in [4.69, 9.17) is 33.0 Å². The van der Waals surface area contributed by atoms with Crippen molar-refractivity contribution in [2.24, 2.45) is 0 Å². The summed E-state index contributed by atoms with van der Waals surface area (Å²) in [6.07, 6.45) is 2.89. The van der Waals surface area contributed by atoms with Gasteiger partial charge in [-0.1, -0.05) is 5.21 Å². The lowest BCUT2D eigenvalue weighted by molar-refractivity contribution is -0.0521. The standard InChI is InChI=1S/C16H11B3F3N5O3/c17-16(18,19)29-8-9-3-4-23-15(24-9)28-7-10-6-27(26-25-10)11-1-2-12(20)13(5-11)30-14(21)22/h1-6,14H,7-8H2. The molecule has 2 heterocycles. The van der Waals surface area contributed by atoms with Gasteiger partial charge in [0, 0.05) is 12.3 Å². The number of ether oxygens (including phenoxy) is 3. The Morgan fingerprint density at radius 3 is 2.63 bits per heavy atom. The van der Waals surface area contributed by atoms with Crippen LogP contribution in [-0.2, 0) is 18.0 Å². The van der Waals surface area contributed by atoms with Crippen LogP contribution in [-0.4, -0.2) is 60.4 Å². The minimum absolute atomic E-state index is 0.0247. The molecule has 0 fully saturated rings. The summed E-state index contributed by atoms with van der Waals surface area (Å²) in [5, 5.41) is 5.93. The van der Waals surface area contributed by atoms with E-state index >= 15 is 0 Å². The zero-order valence-corrected chi connectivity index (χ0v) is 15.3. The van der Waals surface area contributed by atoms with E-state index in [0.29, 0.717) is 11.4 Å². The number of hydrogen-bond acceptors (Lipinski definition) is 7. The molecule has 14 heteroatoms. The van der Waals surface area contributed by atoms with Crippen LogP contribution in [0.5, 0.6) is 11.8 Å². The third kappa shape index (κ3) is 6.24. The maximum atomic E-state index is 13.5. The van der Waals surface area contributed by atoms with Gasteiger partial charge in [-0.05, 0) is 23.5 Å². The predicted octanol–water partition coefficient (Wildman–Crippen LogP) is 1.01. The van der Waals surface area contributed by atoms with Gasteiger partial charge in [0.1, 0.15) is 12.3 Å². The van der Waals surface area contributed by atoms with Crippen molar-refractivity contribution in [3.63, 3.8) is 0 Å². The van der Waals surface area contributed by atoms with Crippen LogP contribution in [0, 0.1) is 5.82 Å². The van der Waals surface area contributed by atoms with Gasteiger partial charge in [-0.2, -0.15) is 13.8 Å². The van der Waals surface area contributed by atoms with Gasteiger partial charge < -0.3 is 14.2 Å². The van der Waals surface area contributed by atoms with Crippen molar-refractivity contribution in [2.45, 2.75) is 25.1 Å². The minimum Gasteiger partial charge on any atom is -0.457 e. The normalized spacial score (nSPS) is 11.6. The molecule has 0 saturated heterocycles. The fourth-order valence-corrected chi connectivity index (χ4v) is 2.17. The van der Waals surface area contributed by atoms with Crippen LogP contribution in [0.4, 0.5) is 13.2 Å². The highest BCUT2D eigenvalue weighted by molar-refractivity contribution is 6.58. The lowest BCUT2D eigenvalue weighted by atomic mass is 9.52. The molecule has 0 aliphatic heterocycles. The molecule has 0 unspecified atom stereocenters. The van der Waals surface area contributed by atoms with Gasteiger partial charge in [-0.25, -0.2) is 14.1 Å². The van der Waals surface area contributed by atoms with E-state index in [-0.39, 0.29) is 24.9 Å². The fraction of sp³-hybridized carbons (Fsp3) is 0.250. The first-order valence-electron chi connectivity index (χ1n) is 8.31. The summed E-state index contributed by atoms with van der Waals surface area (Å²) in [4.78, 5) is 8.04. The molecular weight excluding hydrogens is 400 g/mol. The van der Waals surface area contributed by atoms with Gasteiger partial charge in [0.15, 0.2) is 11.6 Å². The Morgan fingerprint density at radius 1 is 1.10 bits per heavy atom. The molecule has 148 valence electrons. The third-order valence-corrected chi connectivity index (χ3v) is 3.45. The lowest BCUT2D eigenvalue weighted by Crippen LogP contribution is -2.33. The highest BCUT2D eigenvalue weighted by Crippen LogP contribution is 2.22. The van der Waals surface area contributed by atoms with Gasteiger partial charge in [0.2, 0.25) is 0 Å². The van der Waals surface area contributed by atoms with Crippen LogP contribution in [0.1, 0.15) is 11.4 Å². The Labute approximate surface area is 173 Å². The number of hydrogen-bond donors (Lipinski definition) is 0. The average molecular weight is 411 g/mol. The summed E-state index contributed by atoms with van der Waals surface area (Å²) < 4.78 is 54.1. The molecule has 0 bridgehead atoms. The van der Waals surface area contributed by atoms with Crippen molar-refractivity contribution in [2.75, 3.05) is 0 Å². The predicted molar refractivity (Wildman–Crippen MR) is 99.1 cm³/mol. The van der Waals surface area contributed by atoms with E-state index in [2.05, 4.69) is 25.0 Å². The molecule has 2 aromatic heterocycles. The summed E-state index contributed by atoms with van der Waals surface area (Å²) in [6, 6.07) is 4.95. The molecule has 0 saturated carbocycles. The zero-order valence-electron chi connectivity index (χ0n) is 15.3. The Hall–Kier alpha value is -3.02. The Bertz CT molecular complexity index is 1000. The Kier molecular flexibility index (Phi) is 6.65. The fourth-order valence-electron chi connectivity index (χ4n) is 2.17. The number of rotatable bonds is 9. The number of benzene rings is 1. The number of nitrogens with zero attached hydrogens (tertiary/aromatic N) is 5. The molecular formula is C16H11B3F3N5O3. The van der Waals surface area contributed by atoms with Crippen LogP contribution < -0.4 is 9.47 Å². The molecule has 0 amide bonds.